The molecule has 0 radical (unpaired) electrons. The number of oxazole rings is 1. The largest absolute Gasteiger partial charge is 0.444 e. The van der Waals surface area contributed by atoms with Crippen LogP contribution in [0.3, 0.4) is 0 Å². The number of benzene rings is 2. The molecule has 2 aromatic carbocycles. The average molecular weight is 424 g/mol. The zero-order chi connectivity index (χ0) is 20.8. The van der Waals surface area contributed by atoms with Crippen LogP contribution in [-0.4, -0.2) is 34.9 Å². The van der Waals surface area contributed by atoms with Gasteiger partial charge < -0.3 is 9.73 Å². The number of aryl methyl sites for hydroxylation is 1. The van der Waals surface area contributed by atoms with Crippen molar-refractivity contribution >= 4 is 17.5 Å². The van der Waals surface area contributed by atoms with Gasteiger partial charge in [-0.1, -0.05) is 48.0 Å². The summed E-state index contributed by atoms with van der Waals surface area (Å²) in [6.07, 6.45) is 4.95. The monoisotopic (exact) mass is 423 g/mol. The van der Waals surface area contributed by atoms with Gasteiger partial charge in [0.2, 0.25) is 11.8 Å². The second-order valence-electron chi connectivity index (χ2n) is 7.76. The van der Waals surface area contributed by atoms with Crippen LogP contribution in [0.1, 0.15) is 30.5 Å². The predicted octanol–water partition coefficient (Wildman–Crippen LogP) is 4.71. The molecule has 2 heterocycles. The number of hydrogen-bond donors (Lipinski definition) is 1. The third-order valence-corrected chi connectivity index (χ3v) is 5.68. The van der Waals surface area contributed by atoms with Crippen molar-refractivity contribution in [2.75, 3.05) is 13.1 Å². The molecular formula is C24H26ClN3O2. The Labute approximate surface area is 182 Å². The molecule has 4 rings (SSSR count). The number of amides is 1. The van der Waals surface area contributed by atoms with Crippen molar-refractivity contribution < 1.29 is 9.21 Å². The fraction of sp³-hybridized carbons (Fsp3) is 0.333. The van der Waals surface area contributed by atoms with E-state index in [0.29, 0.717) is 17.3 Å². The number of hydrogen-bond acceptors (Lipinski definition) is 4. The van der Waals surface area contributed by atoms with Crippen molar-refractivity contribution in [2.24, 2.45) is 0 Å². The van der Waals surface area contributed by atoms with Crippen molar-refractivity contribution in [3.05, 3.63) is 77.1 Å². The number of piperidine rings is 1. The SMILES string of the molecule is O=C(CCc1ccccc1)NC1CCN(Cc2coc(-c3cccc(Cl)c3)n2)CC1. The zero-order valence-electron chi connectivity index (χ0n) is 16.9. The van der Waals surface area contributed by atoms with Crippen molar-refractivity contribution in [3.8, 4) is 11.5 Å². The summed E-state index contributed by atoms with van der Waals surface area (Å²) in [5.41, 5.74) is 2.99. The average Bonchev–Trinajstić information content (AvgIpc) is 3.23. The van der Waals surface area contributed by atoms with Crippen LogP contribution in [0.5, 0.6) is 0 Å². The maximum atomic E-state index is 12.3. The number of halogens is 1. The van der Waals surface area contributed by atoms with Crippen molar-refractivity contribution in [3.63, 3.8) is 0 Å². The van der Waals surface area contributed by atoms with Crippen LogP contribution in [0, 0.1) is 0 Å². The third kappa shape index (κ3) is 5.71. The summed E-state index contributed by atoms with van der Waals surface area (Å²) in [5.74, 6) is 0.730. The normalized spacial score (nSPS) is 15.2. The maximum absolute atomic E-state index is 12.3. The zero-order valence-corrected chi connectivity index (χ0v) is 17.6. The first-order valence-corrected chi connectivity index (χ1v) is 10.8. The highest BCUT2D eigenvalue weighted by atomic mass is 35.5. The number of aromatic nitrogens is 1. The number of nitrogens with one attached hydrogen (secondary N) is 1. The van der Waals surface area contributed by atoms with Gasteiger partial charge in [0.1, 0.15) is 6.26 Å². The molecule has 1 aromatic heterocycles. The van der Waals surface area contributed by atoms with Crippen LogP contribution in [0.15, 0.2) is 65.3 Å². The Balaban J connectivity index is 1.21. The number of carbonyl (C=O) groups excluding carboxylic acids is 1. The molecule has 1 fully saturated rings. The summed E-state index contributed by atoms with van der Waals surface area (Å²) in [4.78, 5) is 19.2. The van der Waals surface area contributed by atoms with E-state index in [4.69, 9.17) is 16.0 Å². The summed E-state index contributed by atoms with van der Waals surface area (Å²) in [5, 5.41) is 3.86. The number of rotatable bonds is 7. The molecule has 3 aromatic rings. The Hall–Kier alpha value is -2.63. The molecule has 0 aliphatic carbocycles. The van der Waals surface area contributed by atoms with E-state index in [1.54, 1.807) is 6.26 Å². The van der Waals surface area contributed by atoms with Crippen molar-refractivity contribution in [2.45, 2.75) is 38.3 Å². The van der Waals surface area contributed by atoms with Crippen LogP contribution in [0.2, 0.25) is 5.02 Å². The highest BCUT2D eigenvalue weighted by molar-refractivity contribution is 6.30. The summed E-state index contributed by atoms with van der Waals surface area (Å²) >= 11 is 6.05. The van der Waals surface area contributed by atoms with E-state index >= 15 is 0 Å². The molecular weight excluding hydrogens is 398 g/mol. The number of nitrogens with zero attached hydrogens (tertiary/aromatic N) is 2. The van der Waals surface area contributed by atoms with Gasteiger partial charge in [0.05, 0.1) is 5.69 Å². The highest BCUT2D eigenvalue weighted by Gasteiger charge is 2.21. The third-order valence-electron chi connectivity index (χ3n) is 5.45. The second-order valence-corrected chi connectivity index (χ2v) is 8.19. The lowest BCUT2D eigenvalue weighted by molar-refractivity contribution is -0.122. The van der Waals surface area contributed by atoms with E-state index in [0.717, 1.165) is 50.2 Å². The topological polar surface area (TPSA) is 58.4 Å². The lowest BCUT2D eigenvalue weighted by atomic mass is 10.0. The Bertz CT molecular complexity index is 965. The summed E-state index contributed by atoms with van der Waals surface area (Å²) < 4.78 is 5.63. The molecule has 156 valence electrons. The molecule has 1 aliphatic rings. The first kappa shape index (κ1) is 20.6. The molecule has 0 spiro atoms. The van der Waals surface area contributed by atoms with Gasteiger partial charge in [-0.25, -0.2) is 4.98 Å². The smallest absolute Gasteiger partial charge is 0.226 e. The van der Waals surface area contributed by atoms with Crippen LogP contribution in [0.4, 0.5) is 0 Å². The van der Waals surface area contributed by atoms with Gasteiger partial charge in [0.25, 0.3) is 0 Å². The molecule has 1 saturated heterocycles. The first-order valence-electron chi connectivity index (χ1n) is 10.4. The molecule has 0 saturated carbocycles. The van der Waals surface area contributed by atoms with E-state index < -0.39 is 0 Å². The fourth-order valence-corrected chi connectivity index (χ4v) is 3.99. The molecule has 1 amide bonds. The lowest BCUT2D eigenvalue weighted by Gasteiger charge is -2.31. The van der Waals surface area contributed by atoms with Gasteiger partial charge in [0, 0.05) is 42.7 Å². The minimum atomic E-state index is 0.139. The summed E-state index contributed by atoms with van der Waals surface area (Å²) in [6, 6.07) is 17.9. The van der Waals surface area contributed by atoms with Crippen LogP contribution >= 0.6 is 11.6 Å². The predicted molar refractivity (Wildman–Crippen MR) is 118 cm³/mol. The van der Waals surface area contributed by atoms with Crippen LogP contribution < -0.4 is 5.32 Å². The molecule has 0 bridgehead atoms. The van der Waals surface area contributed by atoms with Gasteiger partial charge in [-0.15, -0.1) is 0 Å². The highest BCUT2D eigenvalue weighted by Crippen LogP contribution is 2.23. The fourth-order valence-electron chi connectivity index (χ4n) is 3.80. The van der Waals surface area contributed by atoms with Crippen LogP contribution in [0.25, 0.3) is 11.5 Å². The van der Waals surface area contributed by atoms with Crippen molar-refractivity contribution in [1.29, 1.82) is 0 Å². The van der Waals surface area contributed by atoms with Gasteiger partial charge in [-0.05, 0) is 43.0 Å². The van der Waals surface area contributed by atoms with E-state index in [1.165, 1.54) is 5.56 Å². The molecule has 6 heteroatoms. The Morgan fingerprint density at radius 2 is 1.93 bits per heavy atom. The lowest BCUT2D eigenvalue weighted by Crippen LogP contribution is -2.44. The van der Waals surface area contributed by atoms with Crippen LogP contribution in [-0.2, 0) is 17.8 Å². The Morgan fingerprint density at radius 3 is 2.70 bits per heavy atom. The molecule has 5 nitrogen and oxygen atoms in total. The quantitative estimate of drug-likeness (QED) is 0.598. The maximum Gasteiger partial charge on any atom is 0.226 e. The van der Waals surface area contributed by atoms with Gasteiger partial charge in [-0.2, -0.15) is 0 Å². The molecule has 0 unspecified atom stereocenters. The summed E-state index contributed by atoms with van der Waals surface area (Å²) in [7, 11) is 0. The van der Waals surface area contributed by atoms with E-state index in [9.17, 15) is 4.79 Å². The first-order chi connectivity index (χ1) is 14.7. The van der Waals surface area contributed by atoms with Gasteiger partial charge in [0.15, 0.2) is 0 Å². The van der Waals surface area contributed by atoms with E-state index in [1.807, 2.05) is 42.5 Å². The van der Waals surface area contributed by atoms with Crippen molar-refractivity contribution in [1.82, 2.24) is 15.2 Å². The van der Waals surface area contributed by atoms with E-state index in [2.05, 4.69) is 27.3 Å². The minimum Gasteiger partial charge on any atom is -0.444 e. The molecule has 0 atom stereocenters. The molecule has 1 aliphatic heterocycles. The Morgan fingerprint density at radius 1 is 1.13 bits per heavy atom. The Kier molecular flexibility index (Phi) is 6.82. The van der Waals surface area contributed by atoms with Gasteiger partial charge in [-0.3, -0.25) is 9.69 Å². The second kappa shape index (κ2) is 9.92. The minimum absolute atomic E-state index is 0.139. The van der Waals surface area contributed by atoms with Gasteiger partial charge >= 0.3 is 0 Å². The number of carbonyl (C=O) groups is 1. The van der Waals surface area contributed by atoms with E-state index in [-0.39, 0.29) is 11.9 Å². The standard InChI is InChI=1S/C24H26ClN3O2/c25-20-8-4-7-19(15-20)24-27-22(17-30-24)16-28-13-11-21(12-14-28)26-23(29)10-9-18-5-2-1-3-6-18/h1-8,15,17,21H,9-14,16H2,(H,26,29). The number of likely N-dealkylation sites (tertiary alicyclic amines) is 1. The summed E-state index contributed by atoms with van der Waals surface area (Å²) in [6.45, 7) is 2.62. The molecule has 30 heavy (non-hydrogen) atoms. The molecule has 1 N–H and O–H groups in total.